The number of pyridine rings is 1. The predicted molar refractivity (Wildman–Crippen MR) is 124 cm³/mol. The average molecular weight is 472 g/mol. The average Bonchev–Trinajstić information content (AvgIpc) is 2.84. The summed E-state index contributed by atoms with van der Waals surface area (Å²) in [5, 5.41) is 2.91. The largest absolute Gasteiger partial charge is 0.339 e. The van der Waals surface area contributed by atoms with Crippen molar-refractivity contribution >= 4 is 27.6 Å². The fourth-order valence-corrected chi connectivity index (χ4v) is 5.74. The van der Waals surface area contributed by atoms with E-state index in [1.165, 1.54) is 22.8 Å². The Hall–Kier alpha value is -2.98. The summed E-state index contributed by atoms with van der Waals surface area (Å²) in [5.74, 6) is -0.148. The van der Waals surface area contributed by atoms with Gasteiger partial charge in [0.05, 0.1) is 0 Å². The van der Waals surface area contributed by atoms with Crippen LogP contribution in [0.4, 0.5) is 10.5 Å². The zero-order valence-electron chi connectivity index (χ0n) is 18.7. The molecule has 3 heterocycles. The third-order valence-corrected chi connectivity index (χ3v) is 8.11. The van der Waals surface area contributed by atoms with Crippen molar-refractivity contribution < 1.29 is 18.0 Å². The second-order valence-electron chi connectivity index (χ2n) is 8.48. The Labute approximate surface area is 194 Å². The van der Waals surface area contributed by atoms with E-state index in [0.29, 0.717) is 52.1 Å². The van der Waals surface area contributed by atoms with Gasteiger partial charge in [-0.15, -0.1) is 0 Å². The Bertz CT molecular complexity index is 1090. The second-order valence-corrected chi connectivity index (χ2v) is 10.4. The first kappa shape index (κ1) is 23.2. The fraction of sp³-hybridized carbons (Fsp3) is 0.435. The van der Waals surface area contributed by atoms with Crippen LogP contribution in [-0.2, 0) is 14.8 Å². The summed E-state index contributed by atoms with van der Waals surface area (Å²) in [5.41, 5.74) is 1.83. The molecule has 0 atom stereocenters. The number of rotatable bonds is 4. The SMILES string of the molecule is Cc1cccc(NC(=O)N2CCN(C(=O)C3CCN(S(=O)(=O)c4cccnc4)CC3)CC2)c1. The molecule has 1 aromatic heterocycles. The van der Waals surface area contributed by atoms with Crippen LogP contribution in [0.15, 0.2) is 53.7 Å². The minimum Gasteiger partial charge on any atom is -0.339 e. The van der Waals surface area contributed by atoms with E-state index >= 15 is 0 Å². The molecule has 0 spiro atoms. The van der Waals surface area contributed by atoms with Crippen LogP contribution in [0.3, 0.4) is 0 Å². The van der Waals surface area contributed by atoms with Gasteiger partial charge >= 0.3 is 6.03 Å². The summed E-state index contributed by atoms with van der Waals surface area (Å²) >= 11 is 0. The molecule has 2 saturated heterocycles. The third kappa shape index (κ3) is 5.33. The van der Waals surface area contributed by atoms with E-state index < -0.39 is 10.0 Å². The Morgan fingerprint density at radius 1 is 0.970 bits per heavy atom. The van der Waals surface area contributed by atoms with E-state index in [9.17, 15) is 18.0 Å². The monoisotopic (exact) mass is 471 g/mol. The van der Waals surface area contributed by atoms with Crippen LogP contribution in [0, 0.1) is 12.8 Å². The lowest BCUT2D eigenvalue weighted by Crippen LogP contribution is -2.53. The number of carbonyl (C=O) groups is 2. The van der Waals surface area contributed by atoms with Gasteiger partial charge in [0.25, 0.3) is 0 Å². The summed E-state index contributed by atoms with van der Waals surface area (Å²) in [6.07, 6.45) is 3.87. The van der Waals surface area contributed by atoms with Gasteiger partial charge in [0, 0.05) is 63.3 Å². The van der Waals surface area contributed by atoms with Crippen molar-refractivity contribution in [1.82, 2.24) is 19.1 Å². The number of aromatic nitrogens is 1. The van der Waals surface area contributed by atoms with Crippen molar-refractivity contribution in [1.29, 1.82) is 0 Å². The highest BCUT2D eigenvalue weighted by atomic mass is 32.2. The number of nitrogens with zero attached hydrogens (tertiary/aromatic N) is 4. The Kier molecular flexibility index (Phi) is 6.94. The highest BCUT2D eigenvalue weighted by Crippen LogP contribution is 2.25. The Morgan fingerprint density at radius 2 is 1.67 bits per heavy atom. The molecular formula is C23H29N5O4S. The van der Waals surface area contributed by atoms with Crippen molar-refractivity contribution in [3.63, 3.8) is 0 Å². The molecular weight excluding hydrogens is 442 g/mol. The number of nitrogens with one attached hydrogen (secondary N) is 1. The van der Waals surface area contributed by atoms with Crippen LogP contribution in [-0.4, -0.2) is 78.7 Å². The number of urea groups is 1. The molecule has 4 rings (SSSR count). The number of carbonyl (C=O) groups excluding carboxylic acids is 2. The third-order valence-electron chi connectivity index (χ3n) is 6.22. The number of piperidine rings is 1. The molecule has 10 heteroatoms. The first-order valence-electron chi connectivity index (χ1n) is 11.2. The van der Waals surface area contributed by atoms with Gasteiger partial charge in [-0.2, -0.15) is 4.31 Å². The maximum atomic E-state index is 13.0. The molecule has 2 fully saturated rings. The topological polar surface area (TPSA) is 103 Å². The van der Waals surface area contributed by atoms with Gasteiger partial charge in [-0.1, -0.05) is 12.1 Å². The van der Waals surface area contributed by atoms with Crippen molar-refractivity contribution in [2.24, 2.45) is 5.92 Å². The molecule has 0 aliphatic carbocycles. The molecule has 176 valence electrons. The number of piperazine rings is 1. The van der Waals surface area contributed by atoms with Crippen molar-refractivity contribution in [2.75, 3.05) is 44.6 Å². The normalized spacial score (nSPS) is 18.2. The van der Waals surface area contributed by atoms with Gasteiger partial charge in [-0.05, 0) is 49.6 Å². The fourth-order valence-electron chi connectivity index (χ4n) is 4.31. The number of benzene rings is 1. The summed E-state index contributed by atoms with van der Waals surface area (Å²) in [7, 11) is -3.59. The van der Waals surface area contributed by atoms with Gasteiger partial charge in [-0.25, -0.2) is 13.2 Å². The molecule has 1 aromatic carbocycles. The van der Waals surface area contributed by atoms with Crippen molar-refractivity contribution in [3.05, 3.63) is 54.4 Å². The first-order valence-corrected chi connectivity index (χ1v) is 12.6. The van der Waals surface area contributed by atoms with Gasteiger partial charge in [0.15, 0.2) is 0 Å². The van der Waals surface area contributed by atoms with E-state index in [1.54, 1.807) is 15.9 Å². The Balaban J connectivity index is 1.26. The summed E-state index contributed by atoms with van der Waals surface area (Å²) in [4.78, 5) is 33.1. The Morgan fingerprint density at radius 3 is 2.30 bits per heavy atom. The maximum absolute atomic E-state index is 13.0. The minimum atomic E-state index is -3.59. The predicted octanol–water partition coefficient (Wildman–Crippen LogP) is 2.17. The van der Waals surface area contributed by atoms with Gasteiger partial charge in [0.1, 0.15) is 4.90 Å². The first-order chi connectivity index (χ1) is 15.8. The van der Waals surface area contributed by atoms with E-state index in [2.05, 4.69) is 10.3 Å². The molecule has 0 radical (unpaired) electrons. The highest BCUT2D eigenvalue weighted by molar-refractivity contribution is 7.89. The number of hydrogen-bond donors (Lipinski definition) is 1. The van der Waals surface area contributed by atoms with E-state index in [0.717, 1.165) is 11.3 Å². The standard InChI is InChI=1S/C23H29N5O4S/c1-18-4-2-5-20(16-18)25-23(30)27-14-12-26(13-15-27)22(29)19-7-10-28(11-8-19)33(31,32)21-6-3-9-24-17-21/h2-6,9,16-17,19H,7-8,10-15H2,1H3,(H,25,30). The molecule has 1 N–H and O–H groups in total. The van der Waals surface area contributed by atoms with Crippen molar-refractivity contribution in [3.8, 4) is 0 Å². The molecule has 2 aliphatic rings. The van der Waals surface area contributed by atoms with Crippen LogP contribution in [0.1, 0.15) is 18.4 Å². The molecule has 33 heavy (non-hydrogen) atoms. The number of hydrogen-bond acceptors (Lipinski definition) is 5. The van der Waals surface area contributed by atoms with Crippen molar-refractivity contribution in [2.45, 2.75) is 24.7 Å². The van der Waals surface area contributed by atoms with E-state index in [4.69, 9.17) is 0 Å². The van der Waals surface area contributed by atoms with E-state index in [1.807, 2.05) is 31.2 Å². The van der Waals surface area contributed by atoms with Crippen LogP contribution < -0.4 is 5.32 Å². The number of anilines is 1. The zero-order chi connectivity index (χ0) is 23.4. The van der Waals surface area contributed by atoms with Crippen LogP contribution >= 0.6 is 0 Å². The highest BCUT2D eigenvalue weighted by Gasteiger charge is 2.35. The molecule has 3 amide bonds. The smallest absolute Gasteiger partial charge is 0.321 e. The maximum Gasteiger partial charge on any atom is 0.321 e. The molecule has 0 saturated carbocycles. The van der Waals surface area contributed by atoms with Crippen LogP contribution in [0.2, 0.25) is 0 Å². The molecule has 0 bridgehead atoms. The van der Waals surface area contributed by atoms with Crippen LogP contribution in [0.5, 0.6) is 0 Å². The number of aryl methyl sites for hydroxylation is 1. The lowest BCUT2D eigenvalue weighted by atomic mass is 9.96. The van der Waals surface area contributed by atoms with Crippen LogP contribution in [0.25, 0.3) is 0 Å². The summed E-state index contributed by atoms with van der Waals surface area (Å²) in [6, 6.07) is 10.6. The molecule has 0 unspecified atom stereocenters. The summed E-state index contributed by atoms with van der Waals surface area (Å²) < 4.78 is 27.0. The number of amides is 3. The minimum absolute atomic E-state index is 0.0483. The second kappa shape index (κ2) is 9.88. The zero-order valence-corrected chi connectivity index (χ0v) is 19.5. The quantitative estimate of drug-likeness (QED) is 0.736. The molecule has 9 nitrogen and oxygen atoms in total. The van der Waals surface area contributed by atoms with Gasteiger partial charge < -0.3 is 15.1 Å². The molecule has 2 aromatic rings. The van der Waals surface area contributed by atoms with Gasteiger partial charge in [-0.3, -0.25) is 9.78 Å². The van der Waals surface area contributed by atoms with Gasteiger partial charge in [0.2, 0.25) is 15.9 Å². The number of sulfonamides is 1. The lowest BCUT2D eigenvalue weighted by Gasteiger charge is -2.38. The lowest BCUT2D eigenvalue weighted by molar-refractivity contribution is -0.138. The summed E-state index contributed by atoms with van der Waals surface area (Å²) in [6.45, 7) is 4.50. The van der Waals surface area contributed by atoms with E-state index in [-0.39, 0.29) is 22.8 Å². The molecule has 2 aliphatic heterocycles.